The number of hydrogen-bond acceptors (Lipinski definition) is 6. The van der Waals surface area contributed by atoms with Gasteiger partial charge in [-0.3, -0.25) is 0 Å². The Kier molecular flexibility index (Phi) is 5.73. The SMILES string of the molecule is COc1ccc(Cl)cc1S(=O)(=O)N1CCN(S(=O)(=O)c2ccccn2)CC1. The summed E-state index contributed by atoms with van der Waals surface area (Å²) in [6.45, 7) is 0.0934. The van der Waals surface area contributed by atoms with Gasteiger partial charge in [0.15, 0.2) is 5.03 Å². The summed E-state index contributed by atoms with van der Waals surface area (Å²) in [7, 11) is -6.26. The highest BCUT2D eigenvalue weighted by atomic mass is 35.5. The molecule has 0 unspecified atom stereocenters. The zero-order valence-electron chi connectivity index (χ0n) is 14.4. The highest BCUT2D eigenvalue weighted by molar-refractivity contribution is 7.89. The zero-order chi connectivity index (χ0) is 19.7. The van der Waals surface area contributed by atoms with E-state index in [0.29, 0.717) is 0 Å². The molecule has 2 heterocycles. The van der Waals surface area contributed by atoms with Crippen LogP contribution < -0.4 is 4.74 Å². The van der Waals surface area contributed by atoms with Gasteiger partial charge in [-0.1, -0.05) is 17.7 Å². The normalized spacial score (nSPS) is 17.0. The summed E-state index contributed by atoms with van der Waals surface area (Å²) in [5.74, 6) is 0.183. The molecule has 1 aliphatic rings. The number of hydrogen-bond donors (Lipinski definition) is 0. The molecule has 146 valence electrons. The van der Waals surface area contributed by atoms with Crippen molar-refractivity contribution in [1.82, 2.24) is 13.6 Å². The van der Waals surface area contributed by atoms with E-state index in [-0.39, 0.29) is 46.9 Å². The molecule has 27 heavy (non-hydrogen) atoms. The van der Waals surface area contributed by atoms with Gasteiger partial charge in [0.25, 0.3) is 10.0 Å². The van der Waals surface area contributed by atoms with E-state index in [9.17, 15) is 16.8 Å². The van der Waals surface area contributed by atoms with Crippen LogP contribution in [0.2, 0.25) is 5.02 Å². The van der Waals surface area contributed by atoms with Gasteiger partial charge >= 0.3 is 0 Å². The predicted octanol–water partition coefficient (Wildman–Crippen LogP) is 1.44. The standard InChI is InChI=1S/C16H18ClN3O5S2/c1-25-14-6-5-13(17)12-15(14)26(21,22)19-8-10-20(11-9-19)27(23,24)16-4-2-3-7-18-16/h2-7,12H,8-11H2,1H3. The number of nitrogens with zero attached hydrogens (tertiary/aromatic N) is 3. The quantitative estimate of drug-likeness (QED) is 0.710. The lowest BCUT2D eigenvalue weighted by Gasteiger charge is -2.33. The van der Waals surface area contributed by atoms with Crippen LogP contribution in [0.15, 0.2) is 52.5 Å². The minimum absolute atomic E-state index is 0.0179. The monoisotopic (exact) mass is 431 g/mol. The fourth-order valence-corrected chi connectivity index (χ4v) is 5.97. The van der Waals surface area contributed by atoms with Crippen molar-refractivity contribution in [3.63, 3.8) is 0 Å². The second-order valence-corrected chi connectivity index (χ2v) is 10.00. The van der Waals surface area contributed by atoms with E-state index in [0.717, 1.165) is 0 Å². The van der Waals surface area contributed by atoms with E-state index in [4.69, 9.17) is 16.3 Å². The van der Waals surface area contributed by atoms with E-state index in [1.165, 1.54) is 46.2 Å². The van der Waals surface area contributed by atoms with Crippen molar-refractivity contribution in [2.45, 2.75) is 9.92 Å². The molecule has 1 fully saturated rings. The first kappa shape index (κ1) is 20.0. The van der Waals surface area contributed by atoms with E-state index in [1.807, 2.05) is 0 Å². The molecule has 1 aliphatic heterocycles. The Hall–Kier alpha value is -1.72. The van der Waals surface area contributed by atoms with E-state index >= 15 is 0 Å². The van der Waals surface area contributed by atoms with Crippen LogP contribution >= 0.6 is 11.6 Å². The number of piperazine rings is 1. The minimum atomic E-state index is -3.87. The molecule has 0 amide bonds. The van der Waals surface area contributed by atoms with Crippen molar-refractivity contribution >= 4 is 31.6 Å². The molecule has 11 heteroatoms. The Morgan fingerprint density at radius 1 is 0.963 bits per heavy atom. The second kappa shape index (κ2) is 7.72. The lowest BCUT2D eigenvalue weighted by atomic mass is 10.3. The van der Waals surface area contributed by atoms with Crippen LogP contribution in [0.1, 0.15) is 0 Å². The number of rotatable bonds is 5. The molecule has 1 aromatic heterocycles. The van der Waals surface area contributed by atoms with Crippen LogP contribution in [0, 0.1) is 0 Å². The van der Waals surface area contributed by atoms with Gasteiger partial charge in [-0.25, -0.2) is 21.8 Å². The fourth-order valence-electron chi connectivity index (χ4n) is 2.77. The highest BCUT2D eigenvalue weighted by Gasteiger charge is 2.35. The van der Waals surface area contributed by atoms with Crippen LogP contribution in [0.3, 0.4) is 0 Å². The van der Waals surface area contributed by atoms with E-state index in [2.05, 4.69) is 4.98 Å². The largest absolute Gasteiger partial charge is 0.495 e. The number of aromatic nitrogens is 1. The number of pyridine rings is 1. The van der Waals surface area contributed by atoms with Gasteiger partial charge in [0.05, 0.1) is 7.11 Å². The Morgan fingerprint density at radius 2 is 1.59 bits per heavy atom. The maximum absolute atomic E-state index is 13.0. The summed E-state index contributed by atoms with van der Waals surface area (Å²) in [5.41, 5.74) is 0. The lowest BCUT2D eigenvalue weighted by Crippen LogP contribution is -2.50. The predicted molar refractivity (Wildman–Crippen MR) is 99.8 cm³/mol. The number of halogens is 1. The van der Waals surface area contributed by atoms with E-state index < -0.39 is 20.0 Å². The molecule has 3 rings (SSSR count). The molecule has 0 spiro atoms. The van der Waals surface area contributed by atoms with Gasteiger partial charge in [-0.15, -0.1) is 0 Å². The zero-order valence-corrected chi connectivity index (χ0v) is 16.8. The molecule has 0 bridgehead atoms. The topological polar surface area (TPSA) is 96.9 Å². The Morgan fingerprint density at radius 3 is 2.15 bits per heavy atom. The van der Waals surface area contributed by atoms with Crippen molar-refractivity contribution < 1.29 is 21.6 Å². The number of sulfonamides is 2. The summed E-state index contributed by atoms with van der Waals surface area (Å²) in [6.07, 6.45) is 1.40. The van der Waals surface area contributed by atoms with Gasteiger partial charge in [0.1, 0.15) is 10.6 Å². The number of ether oxygens (including phenoxy) is 1. The molecular weight excluding hydrogens is 414 g/mol. The van der Waals surface area contributed by atoms with Crippen LogP contribution in [0.25, 0.3) is 0 Å². The molecule has 0 saturated carbocycles. The van der Waals surface area contributed by atoms with Crippen LogP contribution in [0.4, 0.5) is 0 Å². The molecule has 1 aromatic carbocycles. The van der Waals surface area contributed by atoms with E-state index in [1.54, 1.807) is 12.1 Å². The summed E-state index contributed by atoms with van der Waals surface area (Å²) in [5, 5.41) is 0.212. The third-order valence-electron chi connectivity index (χ3n) is 4.18. The highest BCUT2D eigenvalue weighted by Crippen LogP contribution is 2.30. The first-order valence-corrected chi connectivity index (χ1v) is 11.3. The first-order chi connectivity index (χ1) is 12.8. The molecule has 0 atom stereocenters. The Labute approximate surface area is 163 Å². The molecule has 1 saturated heterocycles. The minimum Gasteiger partial charge on any atom is -0.495 e. The molecular formula is C16H18ClN3O5S2. The molecule has 8 nitrogen and oxygen atoms in total. The van der Waals surface area contributed by atoms with Gasteiger partial charge < -0.3 is 4.74 Å². The maximum Gasteiger partial charge on any atom is 0.260 e. The Balaban J connectivity index is 1.81. The fraction of sp³-hybridized carbons (Fsp3) is 0.312. The summed E-state index contributed by atoms with van der Waals surface area (Å²) < 4.78 is 58.7. The molecule has 2 aromatic rings. The van der Waals surface area contributed by atoms with Crippen molar-refractivity contribution in [3.05, 3.63) is 47.6 Å². The molecule has 0 N–H and O–H groups in total. The smallest absolute Gasteiger partial charge is 0.260 e. The van der Waals surface area contributed by atoms with Crippen molar-refractivity contribution in [2.24, 2.45) is 0 Å². The van der Waals surface area contributed by atoms with Crippen LogP contribution in [0.5, 0.6) is 5.75 Å². The summed E-state index contributed by atoms with van der Waals surface area (Å²) in [6, 6.07) is 8.98. The van der Waals surface area contributed by atoms with Gasteiger partial charge in [-0.05, 0) is 30.3 Å². The number of benzene rings is 1. The first-order valence-electron chi connectivity index (χ1n) is 8.01. The summed E-state index contributed by atoms with van der Waals surface area (Å²) >= 11 is 5.94. The third kappa shape index (κ3) is 3.94. The van der Waals surface area contributed by atoms with Crippen LogP contribution in [-0.4, -0.2) is 63.7 Å². The van der Waals surface area contributed by atoms with Crippen molar-refractivity contribution in [2.75, 3.05) is 33.3 Å². The summed E-state index contributed by atoms with van der Waals surface area (Å²) in [4.78, 5) is 3.84. The van der Waals surface area contributed by atoms with Crippen molar-refractivity contribution in [3.8, 4) is 5.75 Å². The van der Waals surface area contributed by atoms with Crippen molar-refractivity contribution in [1.29, 1.82) is 0 Å². The van der Waals surface area contributed by atoms with Gasteiger partial charge in [0, 0.05) is 37.4 Å². The molecule has 0 aliphatic carbocycles. The maximum atomic E-state index is 13.0. The third-order valence-corrected chi connectivity index (χ3v) is 8.15. The Bertz CT molecular complexity index is 1020. The second-order valence-electron chi connectivity index (χ2n) is 5.77. The average Bonchev–Trinajstić information content (AvgIpc) is 2.68. The lowest BCUT2D eigenvalue weighted by molar-refractivity contribution is 0.271. The number of methoxy groups -OCH3 is 1. The van der Waals surface area contributed by atoms with Crippen LogP contribution in [-0.2, 0) is 20.0 Å². The van der Waals surface area contributed by atoms with Gasteiger partial charge in [-0.2, -0.15) is 8.61 Å². The van der Waals surface area contributed by atoms with Gasteiger partial charge in [0.2, 0.25) is 10.0 Å². The molecule has 0 radical (unpaired) electrons. The average molecular weight is 432 g/mol.